The maximum absolute atomic E-state index is 12.5. The molecule has 2 aliphatic rings. The molecule has 26 heavy (non-hydrogen) atoms. The fourth-order valence-electron chi connectivity index (χ4n) is 3.22. The van der Waals surface area contributed by atoms with Crippen LogP contribution in [0.25, 0.3) is 0 Å². The second-order valence-electron chi connectivity index (χ2n) is 6.41. The SMILES string of the molecule is COc1cc(N2CCN(Cc3nnc(C4CCOC4)o3)CC2=O)ccn1. The summed E-state index contributed by atoms with van der Waals surface area (Å²) < 4.78 is 16.2. The van der Waals surface area contributed by atoms with Crippen LogP contribution in [0.1, 0.15) is 24.1 Å². The molecule has 2 aliphatic heterocycles. The number of carbonyl (C=O) groups is 1. The highest BCUT2D eigenvalue weighted by Crippen LogP contribution is 2.25. The van der Waals surface area contributed by atoms with E-state index in [9.17, 15) is 4.79 Å². The second kappa shape index (κ2) is 7.38. The number of ether oxygens (including phenoxy) is 2. The fourth-order valence-corrected chi connectivity index (χ4v) is 3.22. The van der Waals surface area contributed by atoms with Crippen LogP contribution in [0.4, 0.5) is 5.69 Å². The summed E-state index contributed by atoms with van der Waals surface area (Å²) in [6.45, 7) is 3.45. The van der Waals surface area contributed by atoms with Crippen molar-refractivity contribution in [2.75, 3.05) is 44.9 Å². The average Bonchev–Trinajstić information content (AvgIpc) is 3.33. The zero-order valence-corrected chi connectivity index (χ0v) is 14.6. The largest absolute Gasteiger partial charge is 0.481 e. The van der Waals surface area contributed by atoms with Crippen molar-refractivity contribution in [1.82, 2.24) is 20.1 Å². The van der Waals surface area contributed by atoms with Crippen molar-refractivity contribution in [2.24, 2.45) is 0 Å². The van der Waals surface area contributed by atoms with Crippen LogP contribution in [0.3, 0.4) is 0 Å². The molecule has 0 saturated carbocycles. The van der Waals surface area contributed by atoms with E-state index in [4.69, 9.17) is 13.9 Å². The average molecular weight is 359 g/mol. The number of anilines is 1. The molecule has 9 heteroatoms. The number of methoxy groups -OCH3 is 1. The molecule has 0 spiro atoms. The lowest BCUT2D eigenvalue weighted by Crippen LogP contribution is -2.50. The number of amides is 1. The van der Waals surface area contributed by atoms with Crippen LogP contribution in [-0.4, -0.2) is 65.9 Å². The molecule has 1 amide bonds. The molecule has 0 bridgehead atoms. The van der Waals surface area contributed by atoms with Crippen molar-refractivity contribution in [2.45, 2.75) is 18.9 Å². The summed E-state index contributed by atoms with van der Waals surface area (Å²) >= 11 is 0. The highest BCUT2D eigenvalue weighted by molar-refractivity contribution is 5.95. The molecule has 2 saturated heterocycles. The molecule has 0 N–H and O–H groups in total. The number of nitrogens with zero attached hydrogens (tertiary/aromatic N) is 5. The Labute approximate surface area is 150 Å². The molecule has 2 fully saturated rings. The molecular weight excluding hydrogens is 338 g/mol. The van der Waals surface area contributed by atoms with E-state index in [-0.39, 0.29) is 11.8 Å². The summed E-state index contributed by atoms with van der Waals surface area (Å²) in [6, 6.07) is 3.57. The summed E-state index contributed by atoms with van der Waals surface area (Å²) in [5, 5.41) is 8.24. The maximum Gasteiger partial charge on any atom is 0.241 e. The number of carbonyl (C=O) groups excluding carboxylic acids is 1. The van der Waals surface area contributed by atoms with Gasteiger partial charge in [-0.15, -0.1) is 10.2 Å². The summed E-state index contributed by atoms with van der Waals surface area (Å²) in [5.41, 5.74) is 0.794. The number of hydrogen-bond acceptors (Lipinski definition) is 8. The Morgan fingerprint density at radius 1 is 1.35 bits per heavy atom. The number of aromatic nitrogens is 3. The molecule has 138 valence electrons. The smallest absolute Gasteiger partial charge is 0.241 e. The minimum absolute atomic E-state index is 0.0217. The topological polar surface area (TPSA) is 93.8 Å². The first-order chi connectivity index (χ1) is 12.7. The monoisotopic (exact) mass is 359 g/mol. The normalized spacial score (nSPS) is 21.3. The fraction of sp³-hybridized carbons (Fsp3) is 0.529. The molecule has 1 unspecified atom stereocenters. The first kappa shape index (κ1) is 16.9. The zero-order chi connectivity index (χ0) is 17.9. The maximum atomic E-state index is 12.5. The van der Waals surface area contributed by atoms with Gasteiger partial charge >= 0.3 is 0 Å². The molecule has 9 nitrogen and oxygen atoms in total. The predicted octanol–water partition coefficient (Wildman–Crippen LogP) is 0.826. The van der Waals surface area contributed by atoms with Crippen molar-refractivity contribution in [3.8, 4) is 5.88 Å². The molecule has 0 radical (unpaired) electrons. The third-order valence-corrected chi connectivity index (χ3v) is 4.66. The number of hydrogen-bond donors (Lipinski definition) is 0. The van der Waals surface area contributed by atoms with E-state index in [0.29, 0.717) is 43.9 Å². The van der Waals surface area contributed by atoms with E-state index in [0.717, 1.165) is 25.3 Å². The lowest BCUT2D eigenvalue weighted by molar-refractivity contribution is -0.121. The van der Waals surface area contributed by atoms with Crippen molar-refractivity contribution >= 4 is 11.6 Å². The summed E-state index contributed by atoms with van der Waals surface area (Å²) in [5.74, 6) is 1.88. The number of pyridine rings is 1. The Balaban J connectivity index is 1.37. The lowest BCUT2D eigenvalue weighted by atomic mass is 10.1. The van der Waals surface area contributed by atoms with Gasteiger partial charge in [-0.05, 0) is 12.5 Å². The van der Waals surface area contributed by atoms with Gasteiger partial charge in [-0.25, -0.2) is 4.98 Å². The van der Waals surface area contributed by atoms with E-state index in [1.807, 2.05) is 11.0 Å². The van der Waals surface area contributed by atoms with Crippen molar-refractivity contribution in [3.05, 3.63) is 30.1 Å². The van der Waals surface area contributed by atoms with Crippen LogP contribution >= 0.6 is 0 Å². The van der Waals surface area contributed by atoms with Crippen molar-refractivity contribution in [1.29, 1.82) is 0 Å². The van der Waals surface area contributed by atoms with Gasteiger partial charge in [0, 0.05) is 32.0 Å². The van der Waals surface area contributed by atoms with Crippen LogP contribution in [0.15, 0.2) is 22.7 Å². The molecular formula is C17H21N5O4. The van der Waals surface area contributed by atoms with Gasteiger partial charge in [-0.3, -0.25) is 9.69 Å². The van der Waals surface area contributed by atoms with E-state index in [1.165, 1.54) is 0 Å². The Kier molecular flexibility index (Phi) is 4.81. The van der Waals surface area contributed by atoms with E-state index < -0.39 is 0 Å². The summed E-state index contributed by atoms with van der Waals surface area (Å²) in [6.07, 6.45) is 2.55. The molecule has 2 aromatic rings. The third-order valence-electron chi connectivity index (χ3n) is 4.66. The Hall–Kier alpha value is -2.52. The van der Waals surface area contributed by atoms with E-state index in [1.54, 1.807) is 24.3 Å². The molecule has 4 heterocycles. The second-order valence-corrected chi connectivity index (χ2v) is 6.41. The highest BCUT2D eigenvalue weighted by Gasteiger charge is 2.28. The minimum atomic E-state index is 0.0217. The molecule has 4 rings (SSSR count). The van der Waals surface area contributed by atoms with Gasteiger partial charge in [0.15, 0.2) is 0 Å². The van der Waals surface area contributed by atoms with Crippen LogP contribution in [-0.2, 0) is 16.1 Å². The molecule has 1 atom stereocenters. The Morgan fingerprint density at radius 2 is 2.27 bits per heavy atom. The summed E-state index contributed by atoms with van der Waals surface area (Å²) in [4.78, 5) is 20.4. The van der Waals surface area contributed by atoms with E-state index >= 15 is 0 Å². The molecule has 0 aliphatic carbocycles. The molecule has 0 aromatic carbocycles. The van der Waals surface area contributed by atoms with Crippen LogP contribution in [0.5, 0.6) is 5.88 Å². The van der Waals surface area contributed by atoms with Gasteiger partial charge < -0.3 is 18.8 Å². The predicted molar refractivity (Wildman–Crippen MR) is 90.9 cm³/mol. The van der Waals surface area contributed by atoms with Crippen LogP contribution in [0, 0.1) is 0 Å². The standard InChI is InChI=1S/C17H21N5O4/c1-24-14-8-13(2-4-18-14)22-6-5-21(10-16(22)23)9-15-19-20-17(26-15)12-3-7-25-11-12/h2,4,8,12H,3,5-7,9-11H2,1H3. The summed E-state index contributed by atoms with van der Waals surface area (Å²) in [7, 11) is 1.56. The lowest BCUT2D eigenvalue weighted by Gasteiger charge is -2.33. The molecule has 2 aromatic heterocycles. The highest BCUT2D eigenvalue weighted by atomic mass is 16.5. The third kappa shape index (κ3) is 3.54. The van der Waals surface area contributed by atoms with Gasteiger partial charge in [0.25, 0.3) is 0 Å². The van der Waals surface area contributed by atoms with Gasteiger partial charge in [0.2, 0.25) is 23.6 Å². The zero-order valence-electron chi connectivity index (χ0n) is 14.6. The Morgan fingerprint density at radius 3 is 3.04 bits per heavy atom. The van der Waals surface area contributed by atoms with Crippen LogP contribution < -0.4 is 9.64 Å². The van der Waals surface area contributed by atoms with Gasteiger partial charge in [0.05, 0.1) is 38.4 Å². The number of piperazine rings is 1. The minimum Gasteiger partial charge on any atom is -0.481 e. The van der Waals surface area contributed by atoms with Crippen molar-refractivity contribution < 1.29 is 18.7 Å². The first-order valence-corrected chi connectivity index (χ1v) is 8.65. The Bertz CT molecular complexity index is 774. The number of rotatable bonds is 5. The first-order valence-electron chi connectivity index (χ1n) is 8.65. The van der Waals surface area contributed by atoms with Crippen LogP contribution in [0.2, 0.25) is 0 Å². The van der Waals surface area contributed by atoms with Gasteiger partial charge in [-0.2, -0.15) is 0 Å². The van der Waals surface area contributed by atoms with E-state index in [2.05, 4.69) is 15.2 Å². The van der Waals surface area contributed by atoms with Gasteiger partial charge in [0.1, 0.15) is 0 Å². The van der Waals surface area contributed by atoms with Crippen molar-refractivity contribution in [3.63, 3.8) is 0 Å². The van der Waals surface area contributed by atoms with Gasteiger partial charge in [-0.1, -0.05) is 0 Å². The quantitative estimate of drug-likeness (QED) is 0.775.